The lowest BCUT2D eigenvalue weighted by atomic mass is 9.50. The average Bonchev–Trinajstić information content (AvgIpc) is 3.01. The minimum Gasteiger partial charge on any atom is -0.465 e. The van der Waals surface area contributed by atoms with Crippen molar-refractivity contribution in [1.29, 1.82) is 0 Å². The number of fused-ring (bicyclic) bond motifs is 3. The highest BCUT2D eigenvalue weighted by Gasteiger charge is 2.52. The molecule has 0 aliphatic heterocycles. The van der Waals surface area contributed by atoms with Crippen molar-refractivity contribution >= 4 is 5.97 Å². The third-order valence-electron chi connectivity index (χ3n) is 11.7. The van der Waals surface area contributed by atoms with Gasteiger partial charge in [0.2, 0.25) is 0 Å². The van der Waals surface area contributed by atoms with E-state index >= 15 is 0 Å². The molecule has 3 atom stereocenters. The molecule has 1 aromatic carbocycles. The first-order chi connectivity index (χ1) is 21.3. The van der Waals surface area contributed by atoms with E-state index in [9.17, 15) is 4.79 Å². The van der Waals surface area contributed by atoms with Crippen LogP contribution in [0.1, 0.15) is 211 Å². The molecular formula is C42H72O2. The van der Waals surface area contributed by atoms with Gasteiger partial charge in [0.15, 0.2) is 0 Å². The summed E-state index contributed by atoms with van der Waals surface area (Å²) in [5.41, 5.74) is 4.90. The topological polar surface area (TPSA) is 26.3 Å². The fourth-order valence-corrected chi connectivity index (χ4v) is 8.84. The minimum absolute atomic E-state index is 0.0308. The van der Waals surface area contributed by atoms with Crippen LogP contribution in [-0.2, 0) is 21.4 Å². The van der Waals surface area contributed by atoms with Crippen molar-refractivity contribution in [2.45, 2.75) is 206 Å². The van der Waals surface area contributed by atoms with Gasteiger partial charge in [-0.05, 0) is 66.0 Å². The van der Waals surface area contributed by atoms with Crippen LogP contribution in [0.4, 0.5) is 0 Å². The molecule has 252 valence electrons. The van der Waals surface area contributed by atoms with Gasteiger partial charge in [0.05, 0.1) is 6.61 Å². The number of unbranched alkanes of at least 4 members (excludes halogenated alkanes) is 18. The maximum absolute atomic E-state index is 12.7. The van der Waals surface area contributed by atoms with Gasteiger partial charge in [-0.3, -0.25) is 4.79 Å². The quantitative estimate of drug-likeness (QED) is 0.0912. The SMILES string of the molecule is CCCCCCCCCCCCCCCCCCCCCC(=O)OC[C@@]1(C)CCC[C@]2(C)c3ccc(C(C)C)cc3CC[C@@H]12. The van der Waals surface area contributed by atoms with Crippen molar-refractivity contribution in [3.8, 4) is 0 Å². The number of carbonyl (C=O) groups excluding carboxylic acids is 1. The molecule has 2 heteroatoms. The maximum atomic E-state index is 12.7. The molecule has 3 rings (SSSR count). The van der Waals surface area contributed by atoms with Crippen LogP contribution < -0.4 is 0 Å². The van der Waals surface area contributed by atoms with E-state index in [1.165, 1.54) is 153 Å². The van der Waals surface area contributed by atoms with Crippen LogP contribution in [0.2, 0.25) is 0 Å². The molecule has 2 aliphatic carbocycles. The van der Waals surface area contributed by atoms with Crippen molar-refractivity contribution in [3.63, 3.8) is 0 Å². The Labute approximate surface area is 274 Å². The van der Waals surface area contributed by atoms with Gasteiger partial charge in [-0.15, -0.1) is 0 Å². The zero-order valence-electron chi connectivity index (χ0n) is 30.1. The summed E-state index contributed by atoms with van der Waals surface area (Å²) < 4.78 is 6.02. The van der Waals surface area contributed by atoms with Gasteiger partial charge < -0.3 is 4.74 Å². The van der Waals surface area contributed by atoms with Gasteiger partial charge in [-0.25, -0.2) is 0 Å². The lowest BCUT2D eigenvalue weighted by molar-refractivity contribution is -0.151. The van der Waals surface area contributed by atoms with E-state index in [0.29, 0.717) is 24.9 Å². The van der Waals surface area contributed by atoms with Crippen molar-refractivity contribution < 1.29 is 9.53 Å². The smallest absolute Gasteiger partial charge is 0.305 e. The largest absolute Gasteiger partial charge is 0.465 e. The number of rotatable bonds is 23. The monoisotopic (exact) mass is 609 g/mol. The van der Waals surface area contributed by atoms with Crippen LogP contribution in [0, 0.1) is 11.3 Å². The molecular weight excluding hydrogens is 536 g/mol. The summed E-state index contributed by atoms with van der Waals surface area (Å²) in [6, 6.07) is 7.28. The van der Waals surface area contributed by atoms with Crippen LogP contribution in [0.5, 0.6) is 0 Å². The van der Waals surface area contributed by atoms with E-state index in [1.54, 1.807) is 11.1 Å². The fraction of sp³-hybridized carbons (Fsp3) is 0.833. The first kappa shape index (κ1) is 37.2. The lowest BCUT2D eigenvalue weighted by Crippen LogP contribution is -2.51. The molecule has 0 saturated heterocycles. The summed E-state index contributed by atoms with van der Waals surface area (Å²) >= 11 is 0. The van der Waals surface area contributed by atoms with E-state index in [0.717, 1.165) is 6.42 Å². The Morgan fingerprint density at radius 2 is 1.30 bits per heavy atom. The molecule has 2 nitrogen and oxygen atoms in total. The molecule has 44 heavy (non-hydrogen) atoms. The molecule has 1 aromatic rings. The number of carbonyl (C=O) groups is 1. The number of ether oxygens (including phenoxy) is 1. The number of hydrogen-bond acceptors (Lipinski definition) is 2. The van der Waals surface area contributed by atoms with Crippen LogP contribution in [0.15, 0.2) is 18.2 Å². The van der Waals surface area contributed by atoms with Gasteiger partial charge in [0.1, 0.15) is 0 Å². The lowest BCUT2D eigenvalue weighted by Gasteiger charge is -2.55. The van der Waals surface area contributed by atoms with Gasteiger partial charge >= 0.3 is 5.97 Å². The molecule has 0 N–H and O–H groups in total. The third kappa shape index (κ3) is 11.8. The van der Waals surface area contributed by atoms with Crippen LogP contribution in [-0.4, -0.2) is 12.6 Å². The summed E-state index contributed by atoms with van der Waals surface area (Å²) in [6.07, 6.45) is 32.8. The maximum Gasteiger partial charge on any atom is 0.305 e. The normalized spacial score (nSPS) is 23.0. The Morgan fingerprint density at radius 1 is 0.773 bits per heavy atom. The van der Waals surface area contributed by atoms with Gasteiger partial charge in [-0.2, -0.15) is 0 Å². The molecule has 0 unspecified atom stereocenters. The second-order valence-electron chi connectivity index (χ2n) is 15.9. The fourth-order valence-electron chi connectivity index (χ4n) is 8.84. The van der Waals surface area contributed by atoms with Crippen molar-refractivity contribution in [2.75, 3.05) is 6.61 Å². The zero-order valence-corrected chi connectivity index (χ0v) is 30.1. The second-order valence-corrected chi connectivity index (χ2v) is 15.9. The Bertz CT molecular complexity index is 934. The molecule has 0 spiro atoms. The molecule has 2 aliphatic rings. The number of esters is 1. The van der Waals surface area contributed by atoms with E-state index in [2.05, 4.69) is 52.8 Å². The van der Waals surface area contributed by atoms with E-state index in [4.69, 9.17) is 4.74 Å². The van der Waals surface area contributed by atoms with Gasteiger partial charge in [0.25, 0.3) is 0 Å². The Kier molecular flexibility index (Phi) is 16.9. The number of hydrogen-bond donors (Lipinski definition) is 0. The average molecular weight is 609 g/mol. The standard InChI is InChI=1S/C42H72O2/c1-6-7-8-9-10-11-12-13-14-15-16-17-18-19-20-21-22-23-24-26-40(43)44-34-41(4)31-25-32-42(5)38-29-27-36(35(2)3)33-37(38)28-30-39(41)42/h27,29,33,35,39H,6-26,28,30-32,34H2,1-5H3/t39-,41+,42+/m0/s1. The van der Waals surface area contributed by atoms with E-state index in [1.807, 2.05) is 0 Å². The summed E-state index contributed by atoms with van der Waals surface area (Å²) in [5.74, 6) is 1.20. The molecule has 0 aromatic heterocycles. The first-order valence-electron chi connectivity index (χ1n) is 19.6. The molecule has 0 bridgehead atoms. The molecule has 1 fully saturated rings. The van der Waals surface area contributed by atoms with Crippen molar-refractivity contribution in [3.05, 3.63) is 34.9 Å². The second kappa shape index (κ2) is 20.0. The molecule has 1 saturated carbocycles. The number of aryl methyl sites for hydroxylation is 1. The van der Waals surface area contributed by atoms with Crippen molar-refractivity contribution in [1.82, 2.24) is 0 Å². The highest BCUT2D eigenvalue weighted by molar-refractivity contribution is 5.69. The van der Waals surface area contributed by atoms with Crippen molar-refractivity contribution in [2.24, 2.45) is 11.3 Å². The highest BCUT2D eigenvalue weighted by atomic mass is 16.5. The summed E-state index contributed by atoms with van der Waals surface area (Å²) in [7, 11) is 0. The van der Waals surface area contributed by atoms with Gasteiger partial charge in [-0.1, -0.05) is 175 Å². The molecule has 0 radical (unpaired) electrons. The predicted molar refractivity (Wildman–Crippen MR) is 191 cm³/mol. The summed E-state index contributed by atoms with van der Waals surface area (Å²) in [5, 5.41) is 0. The Balaban J connectivity index is 1.19. The van der Waals surface area contributed by atoms with Gasteiger partial charge in [0, 0.05) is 11.8 Å². The predicted octanol–water partition coefficient (Wildman–Crippen LogP) is 13.2. The summed E-state index contributed by atoms with van der Waals surface area (Å²) in [6.45, 7) is 12.4. The van der Waals surface area contributed by atoms with E-state index < -0.39 is 0 Å². The third-order valence-corrected chi connectivity index (χ3v) is 11.7. The van der Waals surface area contributed by atoms with Crippen LogP contribution in [0.25, 0.3) is 0 Å². The minimum atomic E-state index is 0.0308. The summed E-state index contributed by atoms with van der Waals surface area (Å²) in [4.78, 5) is 12.7. The first-order valence-corrected chi connectivity index (χ1v) is 19.6. The molecule has 0 amide bonds. The van der Waals surface area contributed by atoms with Crippen LogP contribution in [0.3, 0.4) is 0 Å². The number of benzene rings is 1. The Morgan fingerprint density at radius 3 is 1.82 bits per heavy atom. The molecule has 0 heterocycles. The Hall–Kier alpha value is -1.31. The highest BCUT2D eigenvalue weighted by Crippen LogP contribution is 2.57. The van der Waals surface area contributed by atoms with Crippen LogP contribution >= 0.6 is 0 Å². The van der Waals surface area contributed by atoms with E-state index in [-0.39, 0.29) is 16.8 Å². The zero-order chi connectivity index (χ0) is 31.7.